The molecule has 0 aliphatic heterocycles. The molecule has 0 saturated carbocycles. The molecule has 0 fully saturated rings. The Kier molecular flexibility index (Phi) is 4.92. The van der Waals surface area contributed by atoms with Gasteiger partial charge in [-0.15, -0.1) is 11.3 Å². The first-order valence-corrected chi connectivity index (χ1v) is 7.38. The van der Waals surface area contributed by atoms with Crippen molar-refractivity contribution >= 4 is 45.0 Å². The van der Waals surface area contributed by atoms with E-state index in [0.29, 0.717) is 6.54 Å². The van der Waals surface area contributed by atoms with Gasteiger partial charge in [-0.25, -0.2) is 14.0 Å². The van der Waals surface area contributed by atoms with Crippen LogP contribution in [0.5, 0.6) is 0 Å². The fourth-order valence-electron chi connectivity index (χ4n) is 1.53. The summed E-state index contributed by atoms with van der Waals surface area (Å²) in [6.45, 7) is 0.316. The van der Waals surface area contributed by atoms with Crippen LogP contribution in [0.25, 0.3) is 0 Å². The number of anilines is 1. The minimum atomic E-state index is -1.23. The summed E-state index contributed by atoms with van der Waals surface area (Å²) < 4.78 is 14.6. The molecule has 0 radical (unpaired) electrons. The Balaban J connectivity index is 1.94. The molecule has 2 rings (SSSR count). The van der Waals surface area contributed by atoms with Crippen LogP contribution in [0.2, 0.25) is 0 Å². The van der Waals surface area contributed by atoms with Crippen LogP contribution in [0.3, 0.4) is 0 Å². The van der Waals surface area contributed by atoms with Crippen molar-refractivity contribution in [3.05, 3.63) is 50.4 Å². The molecule has 1 heterocycles. The molecule has 0 aliphatic carbocycles. The van der Waals surface area contributed by atoms with Crippen molar-refractivity contribution in [3.8, 4) is 0 Å². The van der Waals surface area contributed by atoms with Gasteiger partial charge < -0.3 is 15.7 Å². The van der Waals surface area contributed by atoms with Crippen LogP contribution < -0.4 is 10.6 Å². The highest BCUT2D eigenvalue weighted by Crippen LogP contribution is 2.21. The van der Waals surface area contributed by atoms with E-state index in [2.05, 4.69) is 26.6 Å². The van der Waals surface area contributed by atoms with Crippen molar-refractivity contribution in [1.82, 2.24) is 5.32 Å². The largest absolute Gasteiger partial charge is 0.478 e. The summed E-state index contributed by atoms with van der Waals surface area (Å²) in [6.07, 6.45) is 0. The average molecular weight is 373 g/mol. The lowest BCUT2D eigenvalue weighted by molar-refractivity contribution is 0.0696. The second-order valence-corrected chi connectivity index (χ2v) is 6.56. The van der Waals surface area contributed by atoms with E-state index >= 15 is 0 Å². The Labute approximate surface area is 131 Å². The van der Waals surface area contributed by atoms with Crippen molar-refractivity contribution in [2.24, 2.45) is 0 Å². The molecule has 0 atom stereocenters. The fourth-order valence-corrected chi connectivity index (χ4v) is 2.95. The predicted molar refractivity (Wildman–Crippen MR) is 81.2 cm³/mol. The third-order valence-corrected chi connectivity index (χ3v) is 4.14. The molecule has 0 unspecified atom stereocenters. The first kappa shape index (κ1) is 15.5. The lowest BCUT2D eigenvalue weighted by Crippen LogP contribution is -2.28. The van der Waals surface area contributed by atoms with Crippen molar-refractivity contribution in [2.45, 2.75) is 6.54 Å². The maximum absolute atomic E-state index is 13.6. The molecule has 5 nitrogen and oxygen atoms in total. The highest BCUT2D eigenvalue weighted by atomic mass is 79.9. The molecular weight excluding hydrogens is 363 g/mol. The van der Waals surface area contributed by atoms with E-state index in [4.69, 9.17) is 5.11 Å². The Morgan fingerprint density at radius 2 is 2.05 bits per heavy atom. The van der Waals surface area contributed by atoms with Gasteiger partial charge in [-0.3, -0.25) is 0 Å². The minimum absolute atomic E-state index is 0.0788. The summed E-state index contributed by atoms with van der Waals surface area (Å²) in [7, 11) is 0. The number of carbonyl (C=O) groups is 2. The monoisotopic (exact) mass is 372 g/mol. The number of carboxylic acid groups (broad SMARTS) is 1. The average Bonchev–Trinajstić information content (AvgIpc) is 2.84. The summed E-state index contributed by atoms with van der Waals surface area (Å²) in [6, 6.07) is 6.44. The van der Waals surface area contributed by atoms with E-state index in [0.717, 1.165) is 14.7 Å². The molecule has 8 heteroatoms. The van der Waals surface area contributed by atoms with Gasteiger partial charge in [0.15, 0.2) is 0 Å². The number of carbonyl (C=O) groups excluding carboxylic acids is 1. The second-order valence-electron chi connectivity index (χ2n) is 4.01. The van der Waals surface area contributed by atoms with Crippen LogP contribution in [-0.4, -0.2) is 17.1 Å². The quantitative estimate of drug-likeness (QED) is 0.765. The smallest absolute Gasteiger partial charge is 0.335 e. The summed E-state index contributed by atoms with van der Waals surface area (Å²) in [4.78, 5) is 23.3. The van der Waals surface area contributed by atoms with Crippen molar-refractivity contribution in [2.75, 3.05) is 5.32 Å². The van der Waals surface area contributed by atoms with Crippen molar-refractivity contribution in [1.29, 1.82) is 0 Å². The van der Waals surface area contributed by atoms with E-state index in [1.54, 1.807) is 0 Å². The van der Waals surface area contributed by atoms with E-state index in [1.165, 1.54) is 23.5 Å². The topological polar surface area (TPSA) is 78.4 Å². The maximum Gasteiger partial charge on any atom is 0.335 e. The van der Waals surface area contributed by atoms with Gasteiger partial charge in [0.2, 0.25) is 0 Å². The van der Waals surface area contributed by atoms with Gasteiger partial charge in [-0.1, -0.05) is 0 Å². The zero-order valence-electron chi connectivity index (χ0n) is 10.5. The van der Waals surface area contributed by atoms with E-state index in [1.807, 2.05) is 12.1 Å². The normalized spacial score (nSPS) is 10.2. The van der Waals surface area contributed by atoms with Crippen LogP contribution in [-0.2, 0) is 6.54 Å². The Morgan fingerprint density at radius 1 is 1.29 bits per heavy atom. The first-order valence-electron chi connectivity index (χ1n) is 5.77. The standard InChI is InChI=1S/C13H10BrFN2O3S/c14-11-4-2-8(21-11)6-16-13(20)17-10-3-1-7(12(18)19)5-9(10)15/h1-5H,6H2,(H,18,19)(H2,16,17,20). The lowest BCUT2D eigenvalue weighted by Gasteiger charge is -2.08. The third kappa shape index (κ3) is 4.27. The zero-order chi connectivity index (χ0) is 15.4. The van der Waals surface area contributed by atoms with Crippen LogP contribution in [0.15, 0.2) is 34.1 Å². The molecule has 110 valence electrons. The van der Waals surface area contributed by atoms with Crippen LogP contribution in [0.1, 0.15) is 15.2 Å². The second kappa shape index (κ2) is 6.68. The fraction of sp³-hybridized carbons (Fsp3) is 0.0769. The number of thiophene rings is 1. The van der Waals surface area contributed by atoms with Gasteiger partial charge >= 0.3 is 12.0 Å². The molecular formula is C13H10BrFN2O3S. The highest BCUT2D eigenvalue weighted by Gasteiger charge is 2.10. The molecule has 0 saturated heterocycles. The van der Waals surface area contributed by atoms with Crippen LogP contribution in [0, 0.1) is 5.82 Å². The molecule has 3 N–H and O–H groups in total. The molecule has 2 amide bonds. The number of amides is 2. The Bertz CT molecular complexity index is 690. The summed E-state index contributed by atoms with van der Waals surface area (Å²) >= 11 is 4.79. The van der Waals surface area contributed by atoms with E-state index < -0.39 is 17.8 Å². The van der Waals surface area contributed by atoms with Gasteiger partial charge in [0.1, 0.15) is 5.82 Å². The van der Waals surface area contributed by atoms with Gasteiger partial charge in [0, 0.05) is 4.88 Å². The number of aromatic carboxylic acids is 1. The Hall–Kier alpha value is -1.93. The van der Waals surface area contributed by atoms with E-state index in [-0.39, 0.29) is 11.3 Å². The van der Waals surface area contributed by atoms with Crippen LogP contribution >= 0.6 is 27.3 Å². The first-order chi connectivity index (χ1) is 9.95. The molecule has 21 heavy (non-hydrogen) atoms. The summed E-state index contributed by atoms with van der Waals surface area (Å²) in [5.74, 6) is -2.03. The number of urea groups is 1. The van der Waals surface area contributed by atoms with Crippen LogP contribution in [0.4, 0.5) is 14.9 Å². The number of halogens is 2. The number of nitrogens with one attached hydrogen (secondary N) is 2. The molecule has 1 aromatic heterocycles. The van der Waals surface area contributed by atoms with E-state index in [9.17, 15) is 14.0 Å². The highest BCUT2D eigenvalue weighted by molar-refractivity contribution is 9.11. The third-order valence-electron chi connectivity index (χ3n) is 2.52. The Morgan fingerprint density at radius 3 is 2.62 bits per heavy atom. The molecule has 1 aromatic carbocycles. The van der Waals surface area contributed by atoms with Crippen molar-refractivity contribution < 1.29 is 19.1 Å². The molecule has 2 aromatic rings. The SMILES string of the molecule is O=C(NCc1ccc(Br)s1)Nc1ccc(C(=O)O)cc1F. The summed E-state index contributed by atoms with van der Waals surface area (Å²) in [5, 5.41) is 13.6. The number of hydrogen-bond acceptors (Lipinski definition) is 3. The molecule has 0 bridgehead atoms. The lowest BCUT2D eigenvalue weighted by atomic mass is 10.2. The number of benzene rings is 1. The predicted octanol–water partition coefficient (Wildman–Crippen LogP) is 3.67. The van der Waals surface area contributed by atoms with Gasteiger partial charge in [0.25, 0.3) is 0 Å². The maximum atomic E-state index is 13.6. The van der Waals surface area contributed by atoms with Gasteiger partial charge in [-0.2, -0.15) is 0 Å². The molecule has 0 aliphatic rings. The number of hydrogen-bond donors (Lipinski definition) is 3. The molecule has 0 spiro atoms. The summed E-state index contributed by atoms with van der Waals surface area (Å²) in [5.41, 5.74) is -0.258. The van der Waals surface area contributed by atoms with Crippen molar-refractivity contribution in [3.63, 3.8) is 0 Å². The number of carboxylic acids is 1. The van der Waals surface area contributed by atoms with Gasteiger partial charge in [0.05, 0.1) is 21.6 Å². The van der Waals surface area contributed by atoms with Gasteiger partial charge in [-0.05, 0) is 46.3 Å². The number of rotatable bonds is 4. The zero-order valence-corrected chi connectivity index (χ0v) is 12.9. The minimum Gasteiger partial charge on any atom is -0.478 e.